The number of carbonyl (C=O) groups excluding carboxylic acids is 1. The second-order valence-corrected chi connectivity index (χ2v) is 5.52. The Hall–Kier alpha value is -1.66. The third-order valence-corrected chi connectivity index (χ3v) is 3.66. The lowest BCUT2D eigenvalue weighted by molar-refractivity contribution is 0.102. The maximum absolute atomic E-state index is 11.8. The van der Waals surface area contributed by atoms with Crippen molar-refractivity contribution in [3.63, 3.8) is 0 Å². The Morgan fingerprint density at radius 3 is 2.90 bits per heavy atom. The van der Waals surface area contributed by atoms with Gasteiger partial charge in [-0.2, -0.15) is 0 Å². The first kappa shape index (κ1) is 15.7. The molecule has 2 amide bonds. The van der Waals surface area contributed by atoms with Gasteiger partial charge in [-0.3, -0.25) is 5.32 Å². The molecule has 0 spiro atoms. The molecule has 6 heteroatoms. The zero-order chi connectivity index (χ0) is 15.1. The Labute approximate surface area is 125 Å². The third-order valence-electron chi connectivity index (χ3n) is 3.66. The molecule has 1 aliphatic heterocycles. The monoisotopic (exact) mass is 292 g/mol. The summed E-state index contributed by atoms with van der Waals surface area (Å²) in [6, 6.07) is 3.36. The average molecular weight is 292 g/mol. The van der Waals surface area contributed by atoms with Crippen LogP contribution in [0.5, 0.6) is 0 Å². The predicted molar refractivity (Wildman–Crippen MR) is 82.3 cm³/mol. The Kier molecular flexibility index (Phi) is 5.95. The largest absolute Gasteiger partial charge is 0.390 e. The van der Waals surface area contributed by atoms with Crippen molar-refractivity contribution in [2.45, 2.75) is 32.3 Å². The van der Waals surface area contributed by atoms with E-state index < -0.39 is 6.10 Å². The molecule has 1 aromatic rings. The van der Waals surface area contributed by atoms with Crippen molar-refractivity contribution >= 4 is 11.8 Å². The molecule has 116 valence electrons. The highest BCUT2D eigenvalue weighted by molar-refractivity contribution is 5.88. The van der Waals surface area contributed by atoms with Crippen LogP contribution in [0.2, 0.25) is 0 Å². The average Bonchev–Trinajstić information content (AvgIpc) is 2.49. The molecule has 2 heterocycles. The smallest absolute Gasteiger partial charge is 0.320 e. The van der Waals surface area contributed by atoms with E-state index in [0.29, 0.717) is 12.4 Å². The standard InChI is InChI=1S/C15H24N4O2/c1-12-6-5-7-16-14(12)18-15(21)17-10-13(20)11-19-8-3-2-4-9-19/h5-7,13,20H,2-4,8-11H2,1H3,(H2,16,17,18,21)/t13-/m1/s1. The number of aliphatic hydroxyl groups is 1. The molecule has 0 aliphatic carbocycles. The predicted octanol–water partition coefficient (Wildman–Crippen LogP) is 1.36. The molecule has 21 heavy (non-hydrogen) atoms. The summed E-state index contributed by atoms with van der Waals surface area (Å²) in [7, 11) is 0. The summed E-state index contributed by atoms with van der Waals surface area (Å²) in [5, 5.41) is 15.3. The van der Waals surface area contributed by atoms with Crippen molar-refractivity contribution in [2.75, 3.05) is 31.5 Å². The van der Waals surface area contributed by atoms with E-state index in [0.717, 1.165) is 18.7 Å². The van der Waals surface area contributed by atoms with E-state index in [4.69, 9.17) is 0 Å². The molecule has 1 aliphatic rings. The number of hydrogen-bond donors (Lipinski definition) is 3. The number of anilines is 1. The highest BCUT2D eigenvalue weighted by Crippen LogP contribution is 2.09. The summed E-state index contributed by atoms with van der Waals surface area (Å²) >= 11 is 0. The lowest BCUT2D eigenvalue weighted by Crippen LogP contribution is -2.43. The lowest BCUT2D eigenvalue weighted by Gasteiger charge is -2.28. The first-order chi connectivity index (χ1) is 10.1. The van der Waals surface area contributed by atoms with Crippen LogP contribution in [-0.4, -0.2) is 53.3 Å². The minimum atomic E-state index is -0.543. The number of likely N-dealkylation sites (tertiary alicyclic amines) is 1. The quantitative estimate of drug-likeness (QED) is 0.766. The van der Waals surface area contributed by atoms with Crippen molar-refractivity contribution in [2.24, 2.45) is 0 Å². The van der Waals surface area contributed by atoms with Gasteiger partial charge in [0.25, 0.3) is 0 Å². The van der Waals surface area contributed by atoms with Crippen LogP contribution < -0.4 is 10.6 Å². The van der Waals surface area contributed by atoms with Gasteiger partial charge < -0.3 is 15.3 Å². The molecule has 1 saturated heterocycles. The summed E-state index contributed by atoms with van der Waals surface area (Å²) in [6.45, 7) is 4.82. The van der Waals surface area contributed by atoms with Crippen molar-refractivity contribution in [1.29, 1.82) is 0 Å². The van der Waals surface area contributed by atoms with Crippen LogP contribution in [0, 0.1) is 6.92 Å². The molecule has 1 fully saturated rings. The molecular formula is C15H24N4O2. The first-order valence-corrected chi connectivity index (χ1v) is 7.52. The number of piperidine rings is 1. The fourth-order valence-electron chi connectivity index (χ4n) is 2.48. The molecule has 6 nitrogen and oxygen atoms in total. The molecule has 0 aromatic carbocycles. The number of aliphatic hydroxyl groups excluding tert-OH is 1. The van der Waals surface area contributed by atoms with Crippen LogP contribution in [0.15, 0.2) is 18.3 Å². The number of rotatable bonds is 5. The molecule has 1 atom stereocenters. The number of nitrogens with one attached hydrogen (secondary N) is 2. The summed E-state index contributed by atoms with van der Waals surface area (Å²) in [6.07, 6.45) is 4.75. The lowest BCUT2D eigenvalue weighted by atomic mass is 10.1. The molecule has 3 N–H and O–H groups in total. The van der Waals surface area contributed by atoms with Gasteiger partial charge in [0.2, 0.25) is 0 Å². The van der Waals surface area contributed by atoms with Crippen LogP contribution in [0.4, 0.5) is 10.6 Å². The molecular weight excluding hydrogens is 268 g/mol. The van der Waals surface area contributed by atoms with Gasteiger partial charge in [-0.05, 0) is 44.5 Å². The maximum Gasteiger partial charge on any atom is 0.320 e. The zero-order valence-corrected chi connectivity index (χ0v) is 12.5. The molecule has 0 bridgehead atoms. The number of aromatic nitrogens is 1. The van der Waals surface area contributed by atoms with Crippen LogP contribution in [0.25, 0.3) is 0 Å². The molecule has 0 radical (unpaired) electrons. The van der Waals surface area contributed by atoms with Crippen molar-refractivity contribution < 1.29 is 9.90 Å². The number of urea groups is 1. The summed E-state index contributed by atoms with van der Waals surface area (Å²) < 4.78 is 0. The van der Waals surface area contributed by atoms with Gasteiger partial charge in [0.1, 0.15) is 5.82 Å². The number of β-amino-alcohol motifs (C(OH)–C–C–N with tert-alkyl or cyclic N) is 1. The van der Waals surface area contributed by atoms with Crippen LogP contribution >= 0.6 is 0 Å². The van der Waals surface area contributed by atoms with Gasteiger partial charge in [0, 0.05) is 19.3 Å². The fraction of sp³-hybridized carbons (Fsp3) is 0.600. The number of amides is 2. The zero-order valence-electron chi connectivity index (χ0n) is 12.5. The van der Waals surface area contributed by atoms with Gasteiger partial charge in [0.05, 0.1) is 6.10 Å². The highest BCUT2D eigenvalue weighted by atomic mass is 16.3. The number of aryl methyl sites for hydroxylation is 1. The second kappa shape index (κ2) is 7.95. The molecule has 1 aromatic heterocycles. The van der Waals surface area contributed by atoms with Crippen molar-refractivity contribution in [3.05, 3.63) is 23.9 Å². The van der Waals surface area contributed by atoms with Gasteiger partial charge in [0.15, 0.2) is 0 Å². The second-order valence-electron chi connectivity index (χ2n) is 5.52. The van der Waals surface area contributed by atoms with Crippen molar-refractivity contribution in [1.82, 2.24) is 15.2 Å². The van der Waals surface area contributed by atoms with E-state index in [2.05, 4.69) is 20.5 Å². The van der Waals surface area contributed by atoms with Gasteiger partial charge in [-0.25, -0.2) is 9.78 Å². The number of pyridine rings is 1. The van der Waals surface area contributed by atoms with Crippen LogP contribution in [0.3, 0.4) is 0 Å². The van der Waals surface area contributed by atoms with E-state index in [-0.39, 0.29) is 12.6 Å². The number of carbonyl (C=O) groups is 1. The molecule has 2 rings (SSSR count). The molecule has 0 saturated carbocycles. The Balaban J connectivity index is 1.69. The van der Waals surface area contributed by atoms with Crippen LogP contribution in [-0.2, 0) is 0 Å². The maximum atomic E-state index is 11.8. The van der Waals surface area contributed by atoms with Crippen LogP contribution in [0.1, 0.15) is 24.8 Å². The van der Waals surface area contributed by atoms with E-state index >= 15 is 0 Å². The highest BCUT2D eigenvalue weighted by Gasteiger charge is 2.15. The topological polar surface area (TPSA) is 77.5 Å². The fourth-order valence-corrected chi connectivity index (χ4v) is 2.48. The Morgan fingerprint density at radius 2 is 2.19 bits per heavy atom. The van der Waals surface area contributed by atoms with E-state index in [1.807, 2.05) is 19.1 Å². The van der Waals surface area contributed by atoms with Gasteiger partial charge in [-0.15, -0.1) is 0 Å². The van der Waals surface area contributed by atoms with E-state index in [1.165, 1.54) is 19.3 Å². The minimum absolute atomic E-state index is 0.244. The molecule has 0 unspecified atom stereocenters. The van der Waals surface area contributed by atoms with E-state index in [1.54, 1.807) is 6.20 Å². The Morgan fingerprint density at radius 1 is 1.43 bits per heavy atom. The first-order valence-electron chi connectivity index (χ1n) is 7.52. The van der Waals surface area contributed by atoms with Gasteiger partial charge >= 0.3 is 6.03 Å². The third kappa shape index (κ3) is 5.32. The Bertz CT molecular complexity index is 461. The minimum Gasteiger partial charge on any atom is -0.390 e. The summed E-state index contributed by atoms with van der Waals surface area (Å²) in [4.78, 5) is 18.1. The number of hydrogen-bond acceptors (Lipinski definition) is 4. The normalized spacial score (nSPS) is 17.2. The SMILES string of the molecule is Cc1cccnc1NC(=O)NC[C@@H](O)CN1CCCCC1. The summed E-state index contributed by atoms with van der Waals surface area (Å²) in [5.41, 5.74) is 0.904. The van der Waals surface area contributed by atoms with Crippen molar-refractivity contribution in [3.8, 4) is 0 Å². The van der Waals surface area contributed by atoms with E-state index in [9.17, 15) is 9.90 Å². The number of nitrogens with zero attached hydrogens (tertiary/aromatic N) is 2. The van der Waals surface area contributed by atoms with Gasteiger partial charge in [-0.1, -0.05) is 12.5 Å². The summed E-state index contributed by atoms with van der Waals surface area (Å²) in [5.74, 6) is 0.542.